The fourth-order valence-electron chi connectivity index (χ4n) is 2.14. The monoisotopic (exact) mass is 205 g/mol. The van der Waals surface area contributed by atoms with Gasteiger partial charge in [-0.25, -0.2) is 0 Å². The average molecular weight is 205 g/mol. The van der Waals surface area contributed by atoms with Gasteiger partial charge in [-0.05, 0) is 36.9 Å². The van der Waals surface area contributed by atoms with Gasteiger partial charge in [0.1, 0.15) is 0 Å². The van der Waals surface area contributed by atoms with E-state index in [-0.39, 0.29) is 0 Å². The average Bonchev–Trinajstić information content (AvgIpc) is 2.32. The van der Waals surface area contributed by atoms with Crippen LogP contribution in [0.3, 0.4) is 0 Å². The molecule has 0 spiro atoms. The maximum atomic E-state index is 5.37. The highest BCUT2D eigenvalue weighted by molar-refractivity contribution is 5.25. The van der Waals surface area contributed by atoms with Crippen molar-refractivity contribution in [1.29, 1.82) is 0 Å². The first-order chi connectivity index (χ1) is 7.40. The molecule has 0 saturated carbocycles. The molecular formula is C13H19NO. The van der Waals surface area contributed by atoms with E-state index in [1.165, 1.54) is 24.0 Å². The summed E-state index contributed by atoms with van der Waals surface area (Å²) in [4.78, 5) is 0. The third kappa shape index (κ3) is 2.80. The normalized spacial score (nSPS) is 17.9. The van der Waals surface area contributed by atoms with Crippen LogP contribution < -0.4 is 5.32 Å². The van der Waals surface area contributed by atoms with Crippen LogP contribution >= 0.6 is 0 Å². The van der Waals surface area contributed by atoms with Gasteiger partial charge in [0, 0.05) is 19.8 Å². The zero-order valence-electron chi connectivity index (χ0n) is 9.33. The second-order valence-corrected chi connectivity index (χ2v) is 4.16. The fourth-order valence-corrected chi connectivity index (χ4v) is 2.14. The van der Waals surface area contributed by atoms with E-state index in [4.69, 9.17) is 4.74 Å². The lowest BCUT2D eigenvalue weighted by Crippen LogP contribution is -2.14. The van der Waals surface area contributed by atoms with Gasteiger partial charge in [0.25, 0.3) is 0 Å². The molecule has 1 aromatic rings. The second kappa shape index (κ2) is 5.29. The van der Waals surface area contributed by atoms with E-state index >= 15 is 0 Å². The van der Waals surface area contributed by atoms with E-state index in [1.807, 2.05) is 7.05 Å². The molecule has 0 aliphatic carbocycles. The molecule has 2 nitrogen and oxygen atoms in total. The Balaban J connectivity index is 2.02. The summed E-state index contributed by atoms with van der Waals surface area (Å²) in [6.45, 7) is 2.79. The molecule has 0 aromatic heterocycles. The van der Waals surface area contributed by atoms with Crippen molar-refractivity contribution in [3.63, 3.8) is 0 Å². The predicted molar refractivity (Wildman–Crippen MR) is 62.0 cm³/mol. The quantitative estimate of drug-likeness (QED) is 0.817. The molecule has 0 bridgehead atoms. The highest BCUT2D eigenvalue weighted by Crippen LogP contribution is 2.26. The van der Waals surface area contributed by atoms with Gasteiger partial charge in [0.15, 0.2) is 0 Å². The second-order valence-electron chi connectivity index (χ2n) is 4.16. The van der Waals surface area contributed by atoms with E-state index in [1.54, 1.807) is 0 Å². The Kier molecular flexibility index (Phi) is 3.75. The van der Waals surface area contributed by atoms with E-state index < -0.39 is 0 Å². The maximum absolute atomic E-state index is 5.37. The van der Waals surface area contributed by atoms with Gasteiger partial charge in [-0.2, -0.15) is 0 Å². The summed E-state index contributed by atoms with van der Waals surface area (Å²) in [7, 11) is 1.98. The van der Waals surface area contributed by atoms with Crippen LogP contribution in [0.5, 0.6) is 0 Å². The zero-order valence-corrected chi connectivity index (χ0v) is 9.33. The van der Waals surface area contributed by atoms with E-state index in [0.29, 0.717) is 5.92 Å². The molecule has 1 fully saturated rings. The van der Waals surface area contributed by atoms with Crippen molar-refractivity contribution in [1.82, 2.24) is 5.32 Å². The lowest BCUT2D eigenvalue weighted by Gasteiger charge is -2.22. The fraction of sp³-hybridized carbons (Fsp3) is 0.538. The first-order valence-electron chi connectivity index (χ1n) is 5.71. The standard InChI is InChI=1S/C13H19NO/c1-14-10-11-2-4-12(5-3-11)13-6-8-15-9-7-13/h2-5,13-14H,6-10H2,1H3. The molecule has 0 atom stereocenters. The minimum absolute atomic E-state index is 0.711. The Labute approximate surface area is 91.6 Å². The zero-order chi connectivity index (χ0) is 10.5. The Hall–Kier alpha value is -0.860. The van der Waals surface area contributed by atoms with Crippen LogP contribution in [-0.2, 0) is 11.3 Å². The van der Waals surface area contributed by atoms with Crippen molar-refractivity contribution in [3.8, 4) is 0 Å². The molecule has 82 valence electrons. The molecular weight excluding hydrogens is 186 g/mol. The summed E-state index contributed by atoms with van der Waals surface area (Å²) < 4.78 is 5.37. The Morgan fingerprint density at radius 1 is 1.20 bits per heavy atom. The minimum atomic E-state index is 0.711. The minimum Gasteiger partial charge on any atom is -0.381 e. The van der Waals surface area contributed by atoms with Gasteiger partial charge in [0.2, 0.25) is 0 Å². The lowest BCUT2D eigenvalue weighted by atomic mass is 9.91. The third-order valence-corrected chi connectivity index (χ3v) is 3.05. The van der Waals surface area contributed by atoms with Crippen molar-refractivity contribution in [2.75, 3.05) is 20.3 Å². The van der Waals surface area contributed by atoms with Gasteiger partial charge in [-0.3, -0.25) is 0 Å². The molecule has 0 amide bonds. The van der Waals surface area contributed by atoms with Gasteiger partial charge < -0.3 is 10.1 Å². The Bertz CT molecular complexity index is 288. The van der Waals surface area contributed by atoms with Crippen LogP contribution in [0.4, 0.5) is 0 Å². The molecule has 0 radical (unpaired) electrons. The van der Waals surface area contributed by atoms with Crippen molar-refractivity contribution >= 4 is 0 Å². The number of hydrogen-bond donors (Lipinski definition) is 1. The highest BCUT2D eigenvalue weighted by atomic mass is 16.5. The SMILES string of the molecule is CNCc1ccc(C2CCOCC2)cc1. The summed E-state index contributed by atoms with van der Waals surface area (Å²) in [5, 5.41) is 3.16. The summed E-state index contributed by atoms with van der Waals surface area (Å²) in [5.41, 5.74) is 2.83. The van der Waals surface area contributed by atoms with Gasteiger partial charge in [-0.15, -0.1) is 0 Å². The molecule has 1 aliphatic rings. The van der Waals surface area contributed by atoms with Crippen LogP contribution in [0.1, 0.15) is 29.9 Å². The van der Waals surface area contributed by atoms with Gasteiger partial charge in [-0.1, -0.05) is 24.3 Å². The predicted octanol–water partition coefficient (Wildman–Crippen LogP) is 2.30. The van der Waals surface area contributed by atoms with Crippen molar-refractivity contribution in [2.45, 2.75) is 25.3 Å². The summed E-state index contributed by atoms with van der Waals surface area (Å²) >= 11 is 0. The molecule has 1 N–H and O–H groups in total. The molecule has 1 aromatic carbocycles. The molecule has 2 heteroatoms. The Morgan fingerprint density at radius 3 is 2.47 bits per heavy atom. The molecule has 15 heavy (non-hydrogen) atoms. The topological polar surface area (TPSA) is 21.3 Å². The first kappa shape index (κ1) is 10.7. The van der Waals surface area contributed by atoms with Crippen molar-refractivity contribution in [2.24, 2.45) is 0 Å². The van der Waals surface area contributed by atoms with Gasteiger partial charge in [0.05, 0.1) is 0 Å². The molecule has 1 saturated heterocycles. The Morgan fingerprint density at radius 2 is 1.87 bits per heavy atom. The van der Waals surface area contributed by atoms with Crippen LogP contribution in [0.15, 0.2) is 24.3 Å². The molecule has 1 aliphatic heterocycles. The van der Waals surface area contributed by atoms with E-state index in [0.717, 1.165) is 19.8 Å². The number of benzene rings is 1. The first-order valence-corrected chi connectivity index (χ1v) is 5.71. The van der Waals surface area contributed by atoms with E-state index in [2.05, 4.69) is 29.6 Å². The number of ether oxygens (including phenoxy) is 1. The van der Waals surface area contributed by atoms with Crippen LogP contribution in [0.25, 0.3) is 0 Å². The third-order valence-electron chi connectivity index (χ3n) is 3.05. The molecule has 2 rings (SSSR count). The number of hydrogen-bond acceptors (Lipinski definition) is 2. The molecule has 1 heterocycles. The van der Waals surface area contributed by atoms with Crippen molar-refractivity contribution in [3.05, 3.63) is 35.4 Å². The van der Waals surface area contributed by atoms with E-state index in [9.17, 15) is 0 Å². The maximum Gasteiger partial charge on any atom is 0.0471 e. The van der Waals surface area contributed by atoms with Crippen LogP contribution in [0.2, 0.25) is 0 Å². The smallest absolute Gasteiger partial charge is 0.0471 e. The highest BCUT2D eigenvalue weighted by Gasteiger charge is 2.15. The molecule has 0 unspecified atom stereocenters. The number of nitrogens with one attached hydrogen (secondary N) is 1. The summed E-state index contributed by atoms with van der Waals surface area (Å²) in [6, 6.07) is 8.98. The summed E-state index contributed by atoms with van der Waals surface area (Å²) in [6.07, 6.45) is 2.34. The largest absolute Gasteiger partial charge is 0.381 e. The summed E-state index contributed by atoms with van der Waals surface area (Å²) in [5.74, 6) is 0.711. The number of rotatable bonds is 3. The van der Waals surface area contributed by atoms with Crippen molar-refractivity contribution < 1.29 is 4.74 Å². The lowest BCUT2D eigenvalue weighted by molar-refractivity contribution is 0.0853. The van der Waals surface area contributed by atoms with Crippen LogP contribution in [0, 0.1) is 0 Å². The van der Waals surface area contributed by atoms with Gasteiger partial charge >= 0.3 is 0 Å². The van der Waals surface area contributed by atoms with Crippen LogP contribution in [-0.4, -0.2) is 20.3 Å².